The summed E-state index contributed by atoms with van der Waals surface area (Å²) in [4.78, 5) is 0. The lowest BCUT2D eigenvalue weighted by atomic mass is 9.87. The Morgan fingerprint density at radius 2 is 2.00 bits per heavy atom. The highest BCUT2D eigenvalue weighted by atomic mass is 127. The van der Waals surface area contributed by atoms with Gasteiger partial charge in [0.2, 0.25) is 0 Å². The summed E-state index contributed by atoms with van der Waals surface area (Å²) < 4.78 is 2.01. The first-order chi connectivity index (χ1) is 4.84. The highest BCUT2D eigenvalue weighted by molar-refractivity contribution is 14.1. The maximum absolute atomic E-state index is 9.45. The lowest BCUT2D eigenvalue weighted by Crippen LogP contribution is -2.22. The van der Waals surface area contributed by atoms with Gasteiger partial charge in [-0.1, -0.05) is 41.5 Å². The molecule has 58 valence electrons. The van der Waals surface area contributed by atoms with Gasteiger partial charge in [-0.2, -0.15) is 0 Å². The van der Waals surface area contributed by atoms with Crippen molar-refractivity contribution in [2.45, 2.75) is 31.8 Å². The highest BCUT2D eigenvalue weighted by Crippen LogP contribution is 2.25. The molecule has 0 spiro atoms. The van der Waals surface area contributed by atoms with Crippen LogP contribution < -0.4 is 0 Å². The molecule has 1 N–H and O–H groups in total. The second-order valence-corrected chi connectivity index (χ2v) is 3.55. The van der Waals surface area contributed by atoms with E-state index in [0.717, 1.165) is 6.42 Å². The Balaban J connectivity index is 2.39. The Kier molecular flexibility index (Phi) is 3.70. The van der Waals surface area contributed by atoms with Gasteiger partial charge in [-0.25, -0.2) is 0 Å². The summed E-state index contributed by atoms with van der Waals surface area (Å²) in [6.45, 7) is 0. The molecule has 1 fully saturated rings. The minimum Gasteiger partial charge on any atom is -0.393 e. The van der Waals surface area contributed by atoms with Crippen molar-refractivity contribution in [3.8, 4) is 0 Å². The largest absolute Gasteiger partial charge is 0.393 e. The summed E-state index contributed by atoms with van der Waals surface area (Å²) in [5.74, 6) is 0.436. The number of halogens is 1. The van der Waals surface area contributed by atoms with E-state index >= 15 is 0 Å². The van der Waals surface area contributed by atoms with Crippen LogP contribution in [0, 0.1) is 5.92 Å². The molecule has 0 aliphatic heterocycles. The van der Waals surface area contributed by atoms with E-state index in [1.807, 2.05) is 4.08 Å². The summed E-state index contributed by atoms with van der Waals surface area (Å²) in [6, 6.07) is 0. The molecule has 0 unspecified atom stereocenters. The molecule has 1 saturated carbocycles. The predicted molar refractivity (Wildman–Crippen MR) is 51.1 cm³/mol. The second-order valence-electron chi connectivity index (χ2n) is 2.83. The van der Waals surface area contributed by atoms with Crippen LogP contribution in [0.3, 0.4) is 0 Å². The van der Waals surface area contributed by atoms with E-state index in [0.29, 0.717) is 5.92 Å². The minimum absolute atomic E-state index is 0.0697. The molecular weight excluding hydrogens is 239 g/mol. The van der Waals surface area contributed by atoms with Crippen molar-refractivity contribution in [2.75, 3.05) is 0 Å². The summed E-state index contributed by atoms with van der Waals surface area (Å²) in [7, 11) is 0. The van der Waals surface area contributed by atoms with Crippen LogP contribution in [0.4, 0.5) is 0 Å². The first-order valence-corrected chi connectivity index (χ1v) is 5.04. The molecule has 0 aromatic carbocycles. The number of hydrogen-bond donors (Lipinski definition) is 1. The van der Waals surface area contributed by atoms with Crippen molar-refractivity contribution in [1.82, 2.24) is 0 Å². The maximum Gasteiger partial charge on any atom is 0.0603 e. The molecule has 0 aromatic rings. The van der Waals surface area contributed by atoms with Crippen LogP contribution in [-0.2, 0) is 0 Å². The van der Waals surface area contributed by atoms with Crippen LogP contribution >= 0.6 is 22.6 Å². The highest BCUT2D eigenvalue weighted by Gasteiger charge is 2.19. The average Bonchev–Trinajstić information content (AvgIpc) is 1.94. The van der Waals surface area contributed by atoms with Crippen molar-refractivity contribution in [2.24, 2.45) is 5.92 Å². The van der Waals surface area contributed by atoms with Gasteiger partial charge in [0, 0.05) is 5.92 Å². The average molecular weight is 252 g/mol. The summed E-state index contributed by atoms with van der Waals surface area (Å²) in [5.41, 5.74) is 0. The molecule has 0 bridgehead atoms. The van der Waals surface area contributed by atoms with Crippen molar-refractivity contribution in [1.29, 1.82) is 0 Å². The molecular formula is C8H13IO. The lowest BCUT2D eigenvalue weighted by Gasteiger charge is -2.24. The third-order valence-corrected chi connectivity index (χ3v) is 2.52. The van der Waals surface area contributed by atoms with Crippen LogP contribution in [0.5, 0.6) is 0 Å². The smallest absolute Gasteiger partial charge is 0.0603 e. The zero-order chi connectivity index (χ0) is 7.40. The normalized spacial score (nSPS) is 35.0. The van der Waals surface area contributed by atoms with Gasteiger partial charge < -0.3 is 5.11 Å². The number of hydrogen-bond acceptors (Lipinski definition) is 1. The summed E-state index contributed by atoms with van der Waals surface area (Å²) >= 11 is 2.21. The number of rotatable bonds is 1. The molecule has 0 radical (unpaired) electrons. The van der Waals surface area contributed by atoms with Crippen LogP contribution in [-0.4, -0.2) is 11.2 Å². The Bertz CT molecular complexity index is 122. The van der Waals surface area contributed by atoms with E-state index in [9.17, 15) is 5.11 Å². The van der Waals surface area contributed by atoms with Crippen LogP contribution in [0.2, 0.25) is 0 Å². The van der Waals surface area contributed by atoms with Crippen molar-refractivity contribution >= 4 is 22.6 Å². The molecule has 1 rings (SSSR count). The van der Waals surface area contributed by atoms with Gasteiger partial charge in [0.25, 0.3) is 0 Å². The number of aliphatic hydroxyl groups is 1. The summed E-state index contributed by atoms with van der Waals surface area (Å²) in [5, 5.41) is 9.45. The third-order valence-electron chi connectivity index (χ3n) is 2.10. The Hall–Kier alpha value is 0.430. The molecule has 1 aliphatic rings. The third kappa shape index (κ3) is 2.23. The van der Waals surface area contributed by atoms with Gasteiger partial charge in [0.1, 0.15) is 0 Å². The fraction of sp³-hybridized carbons (Fsp3) is 0.750. The van der Waals surface area contributed by atoms with Gasteiger partial charge >= 0.3 is 0 Å². The zero-order valence-corrected chi connectivity index (χ0v) is 8.12. The molecule has 10 heavy (non-hydrogen) atoms. The van der Waals surface area contributed by atoms with Crippen molar-refractivity contribution in [3.63, 3.8) is 0 Å². The molecule has 1 aliphatic carbocycles. The standard InChI is InChI=1S/C8H13IO/c9-6-5-7-3-1-2-4-8(7)10/h5-8,10H,1-4H2/b6-5+/t7-,8+/m0/s1. The fourth-order valence-electron chi connectivity index (χ4n) is 1.46. The van der Waals surface area contributed by atoms with Crippen LogP contribution in [0.15, 0.2) is 10.2 Å². The van der Waals surface area contributed by atoms with Gasteiger partial charge in [-0.3, -0.25) is 0 Å². The Morgan fingerprint density at radius 3 is 2.60 bits per heavy atom. The van der Waals surface area contributed by atoms with Crippen LogP contribution in [0.25, 0.3) is 0 Å². The maximum atomic E-state index is 9.45. The van der Waals surface area contributed by atoms with E-state index in [2.05, 4.69) is 28.7 Å². The van der Waals surface area contributed by atoms with Gasteiger partial charge in [0.05, 0.1) is 6.10 Å². The van der Waals surface area contributed by atoms with Crippen LogP contribution in [0.1, 0.15) is 25.7 Å². The second kappa shape index (κ2) is 4.34. The zero-order valence-electron chi connectivity index (χ0n) is 5.96. The Morgan fingerprint density at radius 1 is 1.30 bits per heavy atom. The fourth-order valence-corrected chi connectivity index (χ4v) is 1.99. The van der Waals surface area contributed by atoms with Crippen molar-refractivity contribution in [3.05, 3.63) is 10.2 Å². The molecule has 2 atom stereocenters. The summed E-state index contributed by atoms with van der Waals surface area (Å²) in [6.07, 6.45) is 6.69. The van der Waals surface area contributed by atoms with E-state index < -0.39 is 0 Å². The van der Waals surface area contributed by atoms with Gasteiger partial charge in [0.15, 0.2) is 0 Å². The predicted octanol–water partition coefficient (Wildman–Crippen LogP) is 2.49. The molecule has 0 amide bonds. The van der Waals surface area contributed by atoms with E-state index in [1.165, 1.54) is 19.3 Å². The molecule has 0 saturated heterocycles. The van der Waals surface area contributed by atoms with E-state index in [4.69, 9.17) is 0 Å². The van der Waals surface area contributed by atoms with Gasteiger partial charge in [-0.05, 0) is 16.9 Å². The quantitative estimate of drug-likeness (QED) is 0.711. The van der Waals surface area contributed by atoms with E-state index in [-0.39, 0.29) is 6.10 Å². The van der Waals surface area contributed by atoms with E-state index in [1.54, 1.807) is 0 Å². The number of aliphatic hydroxyl groups excluding tert-OH is 1. The van der Waals surface area contributed by atoms with Gasteiger partial charge in [-0.15, -0.1) is 0 Å². The molecule has 0 heterocycles. The Labute approximate surface area is 75.7 Å². The lowest BCUT2D eigenvalue weighted by molar-refractivity contribution is 0.0929. The monoisotopic (exact) mass is 252 g/mol. The topological polar surface area (TPSA) is 20.2 Å². The first kappa shape index (κ1) is 8.53. The SMILES string of the molecule is O[C@@H]1CCCC[C@H]1/C=C/I. The van der Waals surface area contributed by atoms with Crippen molar-refractivity contribution < 1.29 is 5.11 Å². The minimum atomic E-state index is -0.0697. The first-order valence-electron chi connectivity index (χ1n) is 3.79. The molecule has 0 aromatic heterocycles. The molecule has 2 heteroatoms. The molecule has 1 nitrogen and oxygen atoms in total.